The first-order valence-electron chi connectivity index (χ1n) is 7.69. The highest BCUT2D eigenvalue weighted by Gasteiger charge is 2.14. The summed E-state index contributed by atoms with van der Waals surface area (Å²) in [4.78, 5) is 17.6. The van der Waals surface area contributed by atoms with Gasteiger partial charge >= 0.3 is 5.97 Å². The summed E-state index contributed by atoms with van der Waals surface area (Å²) in [6.45, 7) is 3.33. The molecule has 1 fully saturated rings. The fourth-order valence-electron chi connectivity index (χ4n) is 2.90. The molecule has 0 spiro atoms. The van der Waals surface area contributed by atoms with Crippen LogP contribution in [0.1, 0.15) is 45.9 Å². The lowest BCUT2D eigenvalue weighted by atomic mass is 10.0. The smallest absolute Gasteiger partial charge is 0.355 e. The van der Waals surface area contributed by atoms with Gasteiger partial charge in [0.1, 0.15) is 0 Å². The summed E-state index contributed by atoms with van der Waals surface area (Å²) in [6.07, 6.45) is 4.63. The van der Waals surface area contributed by atoms with Crippen LogP contribution < -0.4 is 0 Å². The number of carboxylic acid groups (broad SMARTS) is 1. The van der Waals surface area contributed by atoms with Crippen LogP contribution in [0.25, 0.3) is 0 Å². The largest absolute Gasteiger partial charge is 0.476 e. The number of hydrogen-bond acceptors (Lipinski definition) is 4. The Labute approximate surface area is 134 Å². The van der Waals surface area contributed by atoms with Gasteiger partial charge in [-0.05, 0) is 37.1 Å². The van der Waals surface area contributed by atoms with E-state index in [4.69, 9.17) is 5.11 Å². The second-order valence-corrected chi connectivity index (χ2v) is 6.66. The zero-order chi connectivity index (χ0) is 15.4. The van der Waals surface area contributed by atoms with Gasteiger partial charge < -0.3 is 5.11 Å². The van der Waals surface area contributed by atoms with Crippen LogP contribution in [0.15, 0.2) is 29.6 Å². The number of aromatic nitrogens is 1. The number of aromatic carboxylic acids is 1. The minimum absolute atomic E-state index is 0.147. The highest BCUT2D eigenvalue weighted by atomic mass is 32.1. The fourth-order valence-corrected chi connectivity index (χ4v) is 3.69. The van der Waals surface area contributed by atoms with Crippen molar-refractivity contribution in [2.24, 2.45) is 0 Å². The highest BCUT2D eigenvalue weighted by molar-refractivity contribution is 7.09. The predicted octanol–water partition coefficient (Wildman–Crippen LogP) is 3.42. The van der Waals surface area contributed by atoms with E-state index in [0.717, 1.165) is 11.6 Å². The Morgan fingerprint density at radius 3 is 2.59 bits per heavy atom. The lowest BCUT2D eigenvalue weighted by molar-refractivity contribution is 0.0691. The summed E-state index contributed by atoms with van der Waals surface area (Å²) in [5.74, 6) is -0.955. The molecule has 0 saturated carbocycles. The molecule has 0 atom stereocenters. The molecule has 4 nitrogen and oxygen atoms in total. The number of carboxylic acids is 1. The zero-order valence-corrected chi connectivity index (χ0v) is 13.3. The molecule has 1 aliphatic rings. The number of benzene rings is 1. The van der Waals surface area contributed by atoms with Crippen LogP contribution in [0.3, 0.4) is 0 Å². The Balaban J connectivity index is 1.73. The molecule has 116 valence electrons. The summed E-state index contributed by atoms with van der Waals surface area (Å²) in [7, 11) is 0. The maximum Gasteiger partial charge on any atom is 0.355 e. The normalized spacial score (nSPS) is 15.8. The van der Waals surface area contributed by atoms with Gasteiger partial charge in [0.05, 0.1) is 5.01 Å². The fraction of sp³-hybridized carbons (Fsp3) is 0.412. The van der Waals surface area contributed by atoms with Crippen molar-refractivity contribution in [2.45, 2.75) is 32.2 Å². The molecule has 0 bridgehead atoms. The number of piperidine rings is 1. The summed E-state index contributed by atoms with van der Waals surface area (Å²) in [6, 6.07) is 8.42. The average molecular weight is 316 g/mol. The average Bonchev–Trinajstić information content (AvgIpc) is 2.99. The van der Waals surface area contributed by atoms with E-state index in [1.54, 1.807) is 5.38 Å². The van der Waals surface area contributed by atoms with Crippen LogP contribution in [0.2, 0.25) is 0 Å². The number of likely N-dealkylation sites (tertiary alicyclic amines) is 1. The number of nitrogens with zero attached hydrogens (tertiary/aromatic N) is 2. The van der Waals surface area contributed by atoms with Gasteiger partial charge in [-0.25, -0.2) is 9.78 Å². The van der Waals surface area contributed by atoms with Crippen molar-refractivity contribution >= 4 is 17.3 Å². The maximum absolute atomic E-state index is 10.9. The van der Waals surface area contributed by atoms with Crippen LogP contribution in [-0.4, -0.2) is 34.0 Å². The zero-order valence-electron chi connectivity index (χ0n) is 12.5. The summed E-state index contributed by atoms with van der Waals surface area (Å²) in [5.41, 5.74) is 2.73. The van der Waals surface area contributed by atoms with Crippen LogP contribution >= 0.6 is 11.3 Å². The van der Waals surface area contributed by atoms with Crippen LogP contribution in [-0.2, 0) is 13.0 Å². The molecular formula is C17H20N2O2S. The topological polar surface area (TPSA) is 53.4 Å². The minimum Gasteiger partial charge on any atom is -0.476 e. The number of rotatable bonds is 5. The van der Waals surface area contributed by atoms with E-state index in [-0.39, 0.29) is 5.69 Å². The minimum atomic E-state index is -0.955. The quantitative estimate of drug-likeness (QED) is 0.918. The lowest BCUT2D eigenvalue weighted by Gasteiger charge is -2.27. The molecule has 2 heterocycles. The van der Waals surface area contributed by atoms with Crippen molar-refractivity contribution in [3.05, 3.63) is 51.5 Å². The van der Waals surface area contributed by atoms with Gasteiger partial charge in [-0.2, -0.15) is 0 Å². The van der Waals surface area contributed by atoms with Gasteiger partial charge in [-0.15, -0.1) is 11.3 Å². The monoisotopic (exact) mass is 316 g/mol. The van der Waals surface area contributed by atoms with E-state index in [2.05, 4.69) is 28.1 Å². The molecule has 0 radical (unpaired) electrons. The Morgan fingerprint density at radius 1 is 1.18 bits per heavy atom. The SMILES string of the molecule is O=C(O)c1csc(Cc2ccccc2CN2CCCCC2)n1. The van der Waals surface area contributed by atoms with E-state index >= 15 is 0 Å². The van der Waals surface area contributed by atoms with Crippen LogP contribution in [0, 0.1) is 0 Å². The molecule has 0 aliphatic carbocycles. The van der Waals surface area contributed by atoms with Crippen molar-refractivity contribution in [3.8, 4) is 0 Å². The van der Waals surface area contributed by atoms with E-state index in [0.29, 0.717) is 6.42 Å². The molecule has 22 heavy (non-hydrogen) atoms. The highest BCUT2D eigenvalue weighted by Crippen LogP contribution is 2.20. The second-order valence-electron chi connectivity index (χ2n) is 5.71. The van der Waals surface area contributed by atoms with Crippen molar-refractivity contribution in [1.82, 2.24) is 9.88 Å². The van der Waals surface area contributed by atoms with Gasteiger partial charge in [-0.1, -0.05) is 30.7 Å². The van der Waals surface area contributed by atoms with Crippen LogP contribution in [0.5, 0.6) is 0 Å². The molecule has 2 aromatic rings. The van der Waals surface area contributed by atoms with Gasteiger partial charge in [-0.3, -0.25) is 4.90 Å². The van der Waals surface area contributed by atoms with Gasteiger partial charge in [0.25, 0.3) is 0 Å². The third-order valence-corrected chi connectivity index (χ3v) is 4.92. The number of thiazole rings is 1. The van der Waals surface area contributed by atoms with Gasteiger partial charge in [0, 0.05) is 18.3 Å². The van der Waals surface area contributed by atoms with Crippen LogP contribution in [0.4, 0.5) is 0 Å². The Kier molecular flexibility index (Phi) is 4.85. The summed E-state index contributed by atoms with van der Waals surface area (Å²) in [5, 5.41) is 11.5. The van der Waals surface area contributed by atoms with E-state index in [9.17, 15) is 4.79 Å². The molecule has 1 aromatic heterocycles. The lowest BCUT2D eigenvalue weighted by Crippen LogP contribution is -2.29. The third-order valence-electron chi connectivity index (χ3n) is 4.07. The summed E-state index contributed by atoms with van der Waals surface area (Å²) >= 11 is 1.42. The predicted molar refractivity (Wildman–Crippen MR) is 87.4 cm³/mol. The molecule has 0 amide bonds. The first kappa shape index (κ1) is 15.2. The van der Waals surface area contributed by atoms with Crippen molar-refractivity contribution in [3.63, 3.8) is 0 Å². The standard InChI is InChI=1S/C17H20N2O2S/c20-17(21)15-12-22-16(18-15)10-13-6-2-3-7-14(13)11-19-8-4-1-5-9-19/h2-3,6-7,12H,1,4-5,8-11H2,(H,20,21). The Hall–Kier alpha value is -1.72. The molecule has 3 rings (SSSR count). The molecule has 1 aliphatic heterocycles. The van der Waals surface area contributed by atoms with E-state index in [1.807, 2.05) is 6.07 Å². The molecule has 1 N–H and O–H groups in total. The molecule has 5 heteroatoms. The number of hydrogen-bond donors (Lipinski definition) is 1. The van der Waals surface area contributed by atoms with E-state index < -0.39 is 5.97 Å². The molecule has 1 saturated heterocycles. The van der Waals surface area contributed by atoms with Crippen molar-refractivity contribution < 1.29 is 9.90 Å². The maximum atomic E-state index is 10.9. The second kappa shape index (κ2) is 7.03. The third kappa shape index (κ3) is 3.72. The Bertz CT molecular complexity index is 648. The van der Waals surface area contributed by atoms with Crippen molar-refractivity contribution in [2.75, 3.05) is 13.1 Å². The first-order valence-corrected chi connectivity index (χ1v) is 8.57. The van der Waals surface area contributed by atoms with E-state index in [1.165, 1.54) is 54.8 Å². The Morgan fingerprint density at radius 2 is 1.91 bits per heavy atom. The van der Waals surface area contributed by atoms with Gasteiger partial charge in [0.15, 0.2) is 5.69 Å². The molecule has 0 unspecified atom stereocenters. The molecular weight excluding hydrogens is 296 g/mol. The first-order chi connectivity index (χ1) is 10.7. The number of carbonyl (C=O) groups is 1. The summed E-state index contributed by atoms with van der Waals surface area (Å²) < 4.78 is 0. The molecule has 1 aromatic carbocycles. The van der Waals surface area contributed by atoms with Gasteiger partial charge in [0.2, 0.25) is 0 Å². The van der Waals surface area contributed by atoms with Crippen molar-refractivity contribution in [1.29, 1.82) is 0 Å².